The van der Waals surface area contributed by atoms with Gasteiger partial charge in [0.25, 0.3) is 0 Å². The molecule has 0 saturated heterocycles. The zero-order chi connectivity index (χ0) is 13.4. The molecule has 96 valence electrons. The molecule has 2 atom stereocenters. The number of hydrogen-bond acceptors (Lipinski definition) is 4. The molecular formula is C15H12O4. The lowest BCUT2D eigenvalue weighted by Crippen LogP contribution is -2.24. The van der Waals surface area contributed by atoms with Crippen molar-refractivity contribution in [3.63, 3.8) is 0 Å². The van der Waals surface area contributed by atoms with Gasteiger partial charge in [0.05, 0.1) is 11.1 Å². The van der Waals surface area contributed by atoms with Crippen LogP contribution in [-0.4, -0.2) is 16.3 Å². The Labute approximate surface area is 109 Å². The molecule has 0 unspecified atom stereocenters. The minimum absolute atomic E-state index is 0.111. The molecule has 0 aliphatic heterocycles. The summed E-state index contributed by atoms with van der Waals surface area (Å²) in [7, 11) is 0. The Morgan fingerprint density at radius 1 is 1.11 bits per heavy atom. The topological polar surface area (TPSA) is 70.7 Å². The second-order valence-electron chi connectivity index (χ2n) is 4.42. The number of aliphatic hydroxyl groups is 2. The van der Waals surface area contributed by atoms with E-state index in [2.05, 4.69) is 0 Å². The van der Waals surface area contributed by atoms with E-state index in [1.165, 1.54) is 18.4 Å². The van der Waals surface area contributed by atoms with Crippen molar-refractivity contribution in [3.8, 4) is 11.1 Å². The molecule has 0 bridgehead atoms. The van der Waals surface area contributed by atoms with Gasteiger partial charge in [-0.1, -0.05) is 36.4 Å². The average Bonchev–Trinajstić information content (AvgIpc) is 2.44. The fourth-order valence-corrected chi connectivity index (χ4v) is 2.16. The normalized spacial score (nSPS) is 21.2. The third-order valence-corrected chi connectivity index (χ3v) is 3.20. The molecule has 19 heavy (non-hydrogen) atoms. The Balaban J connectivity index is 2.20. The molecule has 4 heteroatoms. The summed E-state index contributed by atoms with van der Waals surface area (Å²) in [6.45, 7) is 0. The van der Waals surface area contributed by atoms with Crippen LogP contribution in [0.5, 0.6) is 0 Å². The second-order valence-corrected chi connectivity index (χ2v) is 4.42. The lowest BCUT2D eigenvalue weighted by atomic mass is 9.96. The molecule has 1 aliphatic carbocycles. The van der Waals surface area contributed by atoms with E-state index in [4.69, 9.17) is 4.42 Å². The highest BCUT2D eigenvalue weighted by Crippen LogP contribution is 2.28. The third-order valence-electron chi connectivity index (χ3n) is 3.20. The molecule has 2 N–H and O–H groups in total. The van der Waals surface area contributed by atoms with Crippen LogP contribution in [-0.2, 0) is 0 Å². The number of rotatable bonds is 1. The molecule has 1 heterocycles. The minimum Gasteiger partial charge on any atom is -0.465 e. The molecule has 2 aromatic rings. The smallest absolute Gasteiger partial charge is 0.200 e. The first-order valence-electron chi connectivity index (χ1n) is 5.94. The summed E-state index contributed by atoms with van der Waals surface area (Å²) in [4.78, 5) is 12.4. The summed E-state index contributed by atoms with van der Waals surface area (Å²) in [6.07, 6.45) is 1.96. The Bertz CT molecular complexity index is 685. The van der Waals surface area contributed by atoms with Crippen LogP contribution in [0.25, 0.3) is 17.2 Å². The quantitative estimate of drug-likeness (QED) is 0.815. The molecule has 1 aromatic heterocycles. The molecular weight excluding hydrogens is 244 g/mol. The van der Waals surface area contributed by atoms with Crippen LogP contribution in [0.2, 0.25) is 0 Å². The first-order chi connectivity index (χ1) is 9.18. The maximum Gasteiger partial charge on any atom is 0.200 e. The molecule has 0 saturated carbocycles. The van der Waals surface area contributed by atoms with E-state index in [9.17, 15) is 15.0 Å². The highest BCUT2D eigenvalue weighted by molar-refractivity contribution is 5.67. The van der Waals surface area contributed by atoms with Crippen molar-refractivity contribution in [1.82, 2.24) is 0 Å². The lowest BCUT2D eigenvalue weighted by Gasteiger charge is -2.19. The highest BCUT2D eigenvalue weighted by atomic mass is 16.4. The van der Waals surface area contributed by atoms with E-state index in [1.54, 1.807) is 0 Å². The Kier molecular flexibility index (Phi) is 2.81. The van der Waals surface area contributed by atoms with E-state index in [1.807, 2.05) is 30.3 Å². The van der Waals surface area contributed by atoms with Gasteiger partial charge in [-0.15, -0.1) is 0 Å². The number of benzene rings is 1. The van der Waals surface area contributed by atoms with E-state index in [-0.39, 0.29) is 11.2 Å². The molecule has 4 nitrogen and oxygen atoms in total. The lowest BCUT2D eigenvalue weighted by molar-refractivity contribution is 0.0306. The van der Waals surface area contributed by atoms with E-state index in [0.717, 1.165) is 5.56 Å². The highest BCUT2D eigenvalue weighted by Gasteiger charge is 2.27. The van der Waals surface area contributed by atoms with Crippen LogP contribution in [0.3, 0.4) is 0 Å². The maximum absolute atomic E-state index is 12.4. The van der Waals surface area contributed by atoms with E-state index >= 15 is 0 Å². The molecule has 1 aromatic carbocycles. The van der Waals surface area contributed by atoms with Crippen molar-refractivity contribution in [2.75, 3.05) is 0 Å². The van der Waals surface area contributed by atoms with Crippen molar-refractivity contribution in [1.29, 1.82) is 0 Å². The standard InChI is InChI=1S/C15H12O4/c16-12-7-6-10-13(17)11(8-19-15(10)14(12)18)9-4-2-1-3-5-9/h1-8,12,14,16,18H/t12-,14-/m1/s1. The second kappa shape index (κ2) is 4.50. The molecule has 0 spiro atoms. The van der Waals surface area contributed by atoms with Gasteiger partial charge in [-0.25, -0.2) is 0 Å². The van der Waals surface area contributed by atoms with E-state index < -0.39 is 12.2 Å². The largest absolute Gasteiger partial charge is 0.465 e. The summed E-state index contributed by atoms with van der Waals surface area (Å²) < 4.78 is 5.34. The van der Waals surface area contributed by atoms with Crippen molar-refractivity contribution in [2.24, 2.45) is 0 Å². The molecule has 3 rings (SSSR count). The average molecular weight is 256 g/mol. The number of aliphatic hydroxyl groups excluding tert-OH is 2. The zero-order valence-electron chi connectivity index (χ0n) is 9.98. The Hall–Kier alpha value is -2.17. The van der Waals surface area contributed by atoms with Crippen molar-refractivity contribution >= 4 is 6.08 Å². The predicted molar refractivity (Wildman–Crippen MR) is 70.4 cm³/mol. The van der Waals surface area contributed by atoms with Crippen LogP contribution < -0.4 is 5.43 Å². The molecule has 0 fully saturated rings. The van der Waals surface area contributed by atoms with Crippen LogP contribution in [0.15, 0.2) is 51.9 Å². The maximum atomic E-state index is 12.4. The monoisotopic (exact) mass is 256 g/mol. The predicted octanol–water partition coefficient (Wildman–Crippen LogP) is 1.73. The van der Waals surface area contributed by atoms with Gasteiger partial charge in [-0.2, -0.15) is 0 Å². The summed E-state index contributed by atoms with van der Waals surface area (Å²) in [5, 5.41) is 19.3. The van der Waals surface area contributed by atoms with Gasteiger partial charge in [0.2, 0.25) is 0 Å². The fraction of sp³-hybridized carbons (Fsp3) is 0.133. The van der Waals surface area contributed by atoms with Gasteiger partial charge in [-0.3, -0.25) is 4.79 Å². The molecule has 0 radical (unpaired) electrons. The first kappa shape index (κ1) is 11.9. The summed E-state index contributed by atoms with van der Waals surface area (Å²) in [6, 6.07) is 9.17. The van der Waals surface area contributed by atoms with Crippen LogP contribution in [0.1, 0.15) is 17.4 Å². The van der Waals surface area contributed by atoms with Gasteiger partial charge >= 0.3 is 0 Å². The Morgan fingerprint density at radius 3 is 2.58 bits per heavy atom. The van der Waals surface area contributed by atoms with Crippen molar-refractivity contribution < 1.29 is 14.6 Å². The van der Waals surface area contributed by atoms with Gasteiger partial charge in [0.1, 0.15) is 24.2 Å². The molecule has 1 aliphatic rings. The first-order valence-corrected chi connectivity index (χ1v) is 5.94. The van der Waals surface area contributed by atoms with Crippen molar-refractivity contribution in [3.05, 3.63) is 64.2 Å². The van der Waals surface area contributed by atoms with Gasteiger partial charge in [-0.05, 0) is 11.6 Å². The summed E-state index contributed by atoms with van der Waals surface area (Å²) >= 11 is 0. The fourth-order valence-electron chi connectivity index (χ4n) is 2.16. The van der Waals surface area contributed by atoms with Crippen LogP contribution in [0, 0.1) is 0 Å². The third kappa shape index (κ3) is 1.91. The van der Waals surface area contributed by atoms with Crippen molar-refractivity contribution in [2.45, 2.75) is 12.2 Å². The van der Waals surface area contributed by atoms with Gasteiger partial charge < -0.3 is 14.6 Å². The molecule has 0 amide bonds. The summed E-state index contributed by atoms with van der Waals surface area (Å²) in [5.74, 6) is 0.111. The van der Waals surface area contributed by atoms with E-state index in [0.29, 0.717) is 11.1 Å². The van der Waals surface area contributed by atoms with Crippen LogP contribution in [0.4, 0.5) is 0 Å². The van der Waals surface area contributed by atoms with Crippen LogP contribution >= 0.6 is 0 Å². The SMILES string of the molecule is O=c1c(-c2ccccc2)coc2c1C=C[C@@H](O)[C@H]2O. The van der Waals surface area contributed by atoms with Gasteiger partial charge in [0.15, 0.2) is 5.43 Å². The minimum atomic E-state index is -1.20. The zero-order valence-corrected chi connectivity index (χ0v) is 9.98. The number of hydrogen-bond donors (Lipinski definition) is 2. The van der Waals surface area contributed by atoms with Gasteiger partial charge in [0, 0.05) is 0 Å². The summed E-state index contributed by atoms with van der Waals surface area (Å²) in [5.41, 5.74) is 1.27. The Morgan fingerprint density at radius 2 is 1.84 bits per heavy atom. The number of fused-ring (bicyclic) bond motifs is 1.